The lowest BCUT2D eigenvalue weighted by atomic mass is 10.2. The van der Waals surface area contributed by atoms with Crippen molar-refractivity contribution in [3.05, 3.63) is 51.8 Å². The zero-order valence-corrected chi connectivity index (χ0v) is 12.4. The van der Waals surface area contributed by atoms with Gasteiger partial charge in [0, 0.05) is 17.1 Å². The molecule has 1 N–H and O–H groups in total. The van der Waals surface area contributed by atoms with Crippen molar-refractivity contribution in [1.82, 2.24) is 10.5 Å². The second-order valence-electron chi connectivity index (χ2n) is 4.18. The summed E-state index contributed by atoms with van der Waals surface area (Å²) in [5, 5.41) is 7.16. The van der Waals surface area contributed by atoms with Crippen LogP contribution in [0.2, 0.25) is 0 Å². The van der Waals surface area contributed by atoms with Crippen molar-refractivity contribution in [2.45, 2.75) is 26.7 Å². The molecule has 0 atom stereocenters. The van der Waals surface area contributed by atoms with Crippen LogP contribution in [0.3, 0.4) is 0 Å². The Morgan fingerprint density at radius 3 is 2.79 bits per heavy atom. The fourth-order valence-corrected chi connectivity index (χ4v) is 1.87. The lowest BCUT2D eigenvalue weighted by molar-refractivity contribution is 0.0883. The molecule has 5 heteroatoms. The normalized spacial score (nSPS) is 10.8. The van der Waals surface area contributed by atoms with Crippen molar-refractivity contribution in [3.8, 4) is 0 Å². The van der Waals surface area contributed by atoms with Crippen molar-refractivity contribution in [1.29, 1.82) is 0 Å². The van der Waals surface area contributed by atoms with Gasteiger partial charge in [-0.15, -0.1) is 0 Å². The maximum absolute atomic E-state index is 5.59. The van der Waals surface area contributed by atoms with E-state index in [1.54, 1.807) is 0 Å². The Balaban J connectivity index is 1.76. The minimum atomic E-state index is 0.440. The number of aromatic nitrogens is 1. The highest BCUT2D eigenvalue weighted by atomic mass is 79.9. The van der Waals surface area contributed by atoms with E-state index in [1.165, 1.54) is 0 Å². The summed E-state index contributed by atoms with van der Waals surface area (Å²) in [6, 6.07) is 9.98. The summed E-state index contributed by atoms with van der Waals surface area (Å²) >= 11 is 3.40. The lowest BCUT2D eigenvalue weighted by Crippen LogP contribution is -2.11. The first-order chi connectivity index (χ1) is 9.28. The van der Waals surface area contributed by atoms with Crippen LogP contribution < -0.4 is 5.32 Å². The number of hydrogen-bond acceptors (Lipinski definition) is 4. The van der Waals surface area contributed by atoms with Gasteiger partial charge in [-0.05, 0) is 24.2 Å². The third-order valence-electron chi connectivity index (χ3n) is 2.59. The molecule has 4 nitrogen and oxygen atoms in total. The monoisotopic (exact) mass is 324 g/mol. The molecule has 0 bridgehead atoms. The van der Waals surface area contributed by atoms with Crippen molar-refractivity contribution in [3.63, 3.8) is 0 Å². The molecule has 1 aromatic heterocycles. The van der Waals surface area contributed by atoms with Crippen molar-refractivity contribution in [2.75, 3.05) is 6.54 Å². The molecule has 0 aliphatic heterocycles. The van der Waals surface area contributed by atoms with Gasteiger partial charge < -0.3 is 14.6 Å². The van der Waals surface area contributed by atoms with Crippen LogP contribution in [-0.4, -0.2) is 11.7 Å². The van der Waals surface area contributed by atoms with E-state index in [0.717, 1.165) is 34.6 Å². The first-order valence-corrected chi connectivity index (χ1v) is 7.04. The number of hydrogen-bond donors (Lipinski definition) is 1. The molecule has 0 amide bonds. The maximum atomic E-state index is 5.59. The maximum Gasteiger partial charge on any atom is 0.162 e. The lowest BCUT2D eigenvalue weighted by Gasteiger charge is -2.02. The molecular formula is C14H17BrN2O2. The highest BCUT2D eigenvalue weighted by Crippen LogP contribution is 2.12. The number of nitrogens with zero attached hydrogens (tertiary/aromatic N) is 1. The second kappa shape index (κ2) is 7.43. The Morgan fingerprint density at radius 1 is 1.26 bits per heavy atom. The van der Waals surface area contributed by atoms with E-state index < -0.39 is 0 Å². The van der Waals surface area contributed by atoms with Gasteiger partial charge in [-0.2, -0.15) is 0 Å². The van der Waals surface area contributed by atoms with Gasteiger partial charge in [0.05, 0.1) is 12.3 Å². The topological polar surface area (TPSA) is 47.3 Å². The number of rotatable bonds is 7. The van der Waals surface area contributed by atoms with Gasteiger partial charge in [0.2, 0.25) is 0 Å². The van der Waals surface area contributed by atoms with E-state index in [-0.39, 0.29) is 0 Å². The first kappa shape index (κ1) is 14.2. The molecule has 19 heavy (non-hydrogen) atoms. The van der Waals surface area contributed by atoms with E-state index in [4.69, 9.17) is 9.26 Å². The summed E-state index contributed by atoms with van der Waals surface area (Å²) < 4.78 is 11.9. The fourth-order valence-electron chi connectivity index (χ4n) is 1.61. The van der Waals surface area contributed by atoms with E-state index in [0.29, 0.717) is 13.2 Å². The first-order valence-electron chi connectivity index (χ1n) is 6.25. The smallest absolute Gasteiger partial charge is 0.162 e. The molecule has 0 spiro atoms. The minimum Gasteiger partial charge on any atom is -0.369 e. The van der Waals surface area contributed by atoms with Crippen LogP contribution in [0.4, 0.5) is 0 Å². The van der Waals surface area contributed by atoms with Crippen LogP contribution >= 0.6 is 15.9 Å². The van der Waals surface area contributed by atoms with Crippen LogP contribution in [0, 0.1) is 0 Å². The summed E-state index contributed by atoms with van der Waals surface area (Å²) in [4.78, 5) is 0. The minimum absolute atomic E-state index is 0.440. The van der Waals surface area contributed by atoms with Crippen LogP contribution in [0.1, 0.15) is 23.9 Å². The molecule has 0 aliphatic rings. The van der Waals surface area contributed by atoms with Crippen LogP contribution in [-0.2, 0) is 24.5 Å². The molecule has 0 fully saturated rings. The zero-order valence-electron chi connectivity index (χ0n) is 10.9. The van der Waals surface area contributed by atoms with E-state index in [9.17, 15) is 0 Å². The van der Waals surface area contributed by atoms with E-state index in [1.807, 2.05) is 30.3 Å². The molecule has 0 aliphatic carbocycles. The second-order valence-corrected chi connectivity index (χ2v) is 5.10. The predicted molar refractivity (Wildman–Crippen MR) is 76.5 cm³/mol. The van der Waals surface area contributed by atoms with Crippen molar-refractivity contribution < 1.29 is 9.26 Å². The standard InChI is InChI=1S/C14H17BrN2O2/c1-2-16-8-13-7-14(19-17-13)10-18-9-11-3-5-12(15)6-4-11/h3-7,16H,2,8-10H2,1H3. The number of benzene rings is 1. The molecule has 2 rings (SSSR count). The molecule has 0 unspecified atom stereocenters. The van der Waals surface area contributed by atoms with Gasteiger partial charge in [0.25, 0.3) is 0 Å². The summed E-state index contributed by atoms with van der Waals surface area (Å²) in [6.07, 6.45) is 0. The third kappa shape index (κ3) is 4.78. The molecular weight excluding hydrogens is 308 g/mol. The average Bonchev–Trinajstić information content (AvgIpc) is 2.87. The number of ether oxygens (including phenoxy) is 1. The van der Waals surface area contributed by atoms with Gasteiger partial charge in [-0.25, -0.2) is 0 Å². The largest absolute Gasteiger partial charge is 0.369 e. The molecule has 0 saturated heterocycles. The Hall–Kier alpha value is -1.17. The fraction of sp³-hybridized carbons (Fsp3) is 0.357. The van der Waals surface area contributed by atoms with Gasteiger partial charge in [-0.1, -0.05) is 40.1 Å². The molecule has 1 heterocycles. The molecule has 0 radical (unpaired) electrons. The van der Waals surface area contributed by atoms with Gasteiger partial charge >= 0.3 is 0 Å². The van der Waals surface area contributed by atoms with Crippen molar-refractivity contribution in [2.24, 2.45) is 0 Å². The van der Waals surface area contributed by atoms with Crippen molar-refractivity contribution >= 4 is 15.9 Å². The van der Waals surface area contributed by atoms with Crippen LogP contribution in [0.15, 0.2) is 39.3 Å². The summed E-state index contributed by atoms with van der Waals surface area (Å²) in [6.45, 7) is 4.71. The SMILES string of the molecule is CCNCc1cc(COCc2ccc(Br)cc2)on1. The third-order valence-corrected chi connectivity index (χ3v) is 3.12. The van der Waals surface area contributed by atoms with Crippen LogP contribution in [0.5, 0.6) is 0 Å². The van der Waals surface area contributed by atoms with Gasteiger partial charge in [0.15, 0.2) is 5.76 Å². The summed E-state index contributed by atoms with van der Waals surface area (Å²) in [5.41, 5.74) is 2.04. The van der Waals surface area contributed by atoms with Gasteiger partial charge in [0.1, 0.15) is 6.61 Å². The zero-order chi connectivity index (χ0) is 13.5. The summed E-state index contributed by atoms with van der Waals surface area (Å²) in [5.74, 6) is 0.755. The molecule has 102 valence electrons. The van der Waals surface area contributed by atoms with E-state index in [2.05, 4.69) is 33.3 Å². The Bertz CT molecular complexity index is 496. The Kier molecular flexibility index (Phi) is 5.57. The summed E-state index contributed by atoms with van der Waals surface area (Å²) in [7, 11) is 0. The molecule has 0 saturated carbocycles. The molecule has 2 aromatic rings. The number of halogens is 1. The number of nitrogens with one attached hydrogen (secondary N) is 1. The predicted octanol–water partition coefficient (Wildman–Crippen LogP) is 3.26. The quantitative estimate of drug-likeness (QED) is 0.849. The van der Waals surface area contributed by atoms with Crippen LogP contribution in [0.25, 0.3) is 0 Å². The molecule has 1 aromatic carbocycles. The highest BCUT2D eigenvalue weighted by Gasteiger charge is 2.04. The highest BCUT2D eigenvalue weighted by molar-refractivity contribution is 9.10. The van der Waals surface area contributed by atoms with E-state index >= 15 is 0 Å². The van der Waals surface area contributed by atoms with Gasteiger partial charge in [-0.3, -0.25) is 0 Å². The Labute approximate surface area is 121 Å². The average molecular weight is 325 g/mol. The Morgan fingerprint density at radius 2 is 2.05 bits per heavy atom.